The van der Waals surface area contributed by atoms with Crippen molar-refractivity contribution in [3.05, 3.63) is 24.3 Å². The lowest BCUT2D eigenvalue weighted by Crippen LogP contribution is -2.50. The molecule has 1 aromatic rings. The quantitative estimate of drug-likeness (QED) is 0.671. The van der Waals surface area contributed by atoms with E-state index in [0.717, 1.165) is 23.7 Å². The second-order valence-electron chi connectivity index (χ2n) is 9.43. The number of ether oxygens (including phenoxy) is 1. The molecule has 32 heavy (non-hydrogen) atoms. The maximum Gasteiger partial charge on any atom is 0.410 e. The Bertz CT molecular complexity index is 735. The third-order valence-electron chi connectivity index (χ3n) is 4.31. The Morgan fingerprint density at radius 2 is 1.75 bits per heavy atom. The number of hydrogen-bond acceptors (Lipinski definition) is 5. The molecular formula is C24H40N4O4. The lowest BCUT2D eigenvalue weighted by atomic mass is 10.2. The molecule has 0 radical (unpaired) electrons. The zero-order valence-corrected chi connectivity index (χ0v) is 20.7. The third kappa shape index (κ3) is 9.58. The highest BCUT2D eigenvalue weighted by atomic mass is 16.6. The maximum absolute atomic E-state index is 12.2. The van der Waals surface area contributed by atoms with Crippen LogP contribution >= 0.6 is 0 Å². The van der Waals surface area contributed by atoms with Crippen molar-refractivity contribution in [3.63, 3.8) is 0 Å². The maximum atomic E-state index is 12.2. The van der Waals surface area contributed by atoms with Crippen LogP contribution in [0.25, 0.3) is 0 Å². The van der Waals surface area contributed by atoms with Crippen LogP contribution in [0.1, 0.15) is 54.9 Å². The van der Waals surface area contributed by atoms with E-state index in [1.165, 1.54) is 0 Å². The molecule has 0 aliphatic carbocycles. The zero-order valence-electron chi connectivity index (χ0n) is 20.7. The van der Waals surface area contributed by atoms with E-state index in [1.807, 2.05) is 52.0 Å². The average molecular weight is 449 g/mol. The molecule has 1 N–H and O–H groups in total. The molecule has 1 aliphatic rings. The van der Waals surface area contributed by atoms with Gasteiger partial charge in [-0.05, 0) is 51.3 Å². The van der Waals surface area contributed by atoms with E-state index < -0.39 is 11.6 Å². The fourth-order valence-corrected chi connectivity index (χ4v) is 3.03. The molecule has 0 unspecified atom stereocenters. The lowest BCUT2D eigenvalue weighted by molar-refractivity contribution is -0.108. The Kier molecular flexibility index (Phi) is 11.0. The molecule has 1 heterocycles. The van der Waals surface area contributed by atoms with Crippen LogP contribution in [0, 0.1) is 5.92 Å². The number of imide groups is 1. The van der Waals surface area contributed by atoms with Crippen molar-refractivity contribution in [3.8, 4) is 0 Å². The average Bonchev–Trinajstić information content (AvgIpc) is 2.70. The molecule has 0 saturated carbocycles. The van der Waals surface area contributed by atoms with Gasteiger partial charge in [-0.25, -0.2) is 9.59 Å². The minimum absolute atomic E-state index is 0.291. The molecular weight excluding hydrogens is 408 g/mol. The van der Waals surface area contributed by atoms with Crippen molar-refractivity contribution in [2.24, 2.45) is 5.92 Å². The van der Waals surface area contributed by atoms with Crippen molar-refractivity contribution < 1.29 is 19.1 Å². The Morgan fingerprint density at radius 1 is 1.16 bits per heavy atom. The molecule has 1 fully saturated rings. The van der Waals surface area contributed by atoms with Crippen LogP contribution in [-0.4, -0.2) is 61.8 Å². The van der Waals surface area contributed by atoms with Crippen molar-refractivity contribution in [1.29, 1.82) is 0 Å². The van der Waals surface area contributed by atoms with E-state index in [4.69, 9.17) is 4.74 Å². The second kappa shape index (κ2) is 12.9. The summed E-state index contributed by atoms with van der Waals surface area (Å²) in [6, 6.07) is 7.21. The smallest absolute Gasteiger partial charge is 0.410 e. The highest BCUT2D eigenvalue weighted by molar-refractivity contribution is 5.97. The van der Waals surface area contributed by atoms with E-state index in [2.05, 4.69) is 31.0 Å². The number of benzene rings is 1. The van der Waals surface area contributed by atoms with Crippen LogP contribution in [-0.2, 0) is 9.53 Å². The number of carbonyl (C=O) groups is 3. The Labute approximate surface area is 192 Å². The molecule has 1 aromatic carbocycles. The van der Waals surface area contributed by atoms with Crippen molar-refractivity contribution in [2.75, 3.05) is 42.5 Å². The minimum Gasteiger partial charge on any atom is -0.444 e. The monoisotopic (exact) mass is 448 g/mol. The summed E-state index contributed by atoms with van der Waals surface area (Å²) in [6.45, 7) is 17.1. The Morgan fingerprint density at radius 3 is 2.25 bits per heavy atom. The van der Waals surface area contributed by atoms with E-state index in [-0.39, 0.29) is 6.09 Å². The molecule has 1 saturated heterocycles. The number of nitrogens with one attached hydrogen (secondary N) is 1. The summed E-state index contributed by atoms with van der Waals surface area (Å²) in [5.41, 5.74) is 1.20. The van der Waals surface area contributed by atoms with E-state index in [0.29, 0.717) is 39.1 Å². The number of carbonyl (C=O) groups excluding carboxylic acids is 3. The van der Waals surface area contributed by atoms with Crippen LogP contribution in [0.2, 0.25) is 0 Å². The Hall–Kier alpha value is -2.77. The topological polar surface area (TPSA) is 82.2 Å². The van der Waals surface area contributed by atoms with Crippen LogP contribution in [0.5, 0.6) is 0 Å². The van der Waals surface area contributed by atoms with E-state index >= 15 is 0 Å². The molecule has 8 heteroatoms. The molecule has 0 bridgehead atoms. The molecule has 8 nitrogen and oxygen atoms in total. The molecule has 4 amide bonds. The largest absolute Gasteiger partial charge is 0.444 e. The van der Waals surface area contributed by atoms with Crippen molar-refractivity contribution in [2.45, 2.75) is 60.5 Å². The molecule has 0 aromatic heterocycles. The number of hydrogen-bond donors (Lipinski definition) is 1. The fraction of sp³-hybridized carbons (Fsp3) is 0.625. The zero-order chi connectivity index (χ0) is 24.3. The fourth-order valence-electron chi connectivity index (χ4n) is 3.03. The number of nitrogens with zero attached hydrogens (tertiary/aromatic N) is 3. The highest BCUT2D eigenvalue weighted by Crippen LogP contribution is 2.24. The van der Waals surface area contributed by atoms with Gasteiger partial charge in [-0.3, -0.25) is 15.0 Å². The first kappa shape index (κ1) is 27.3. The number of amides is 4. The predicted octanol–water partition coefficient (Wildman–Crippen LogP) is 4.49. The summed E-state index contributed by atoms with van der Waals surface area (Å²) < 4.78 is 5.43. The van der Waals surface area contributed by atoms with Crippen LogP contribution in [0.15, 0.2) is 24.3 Å². The lowest BCUT2D eigenvalue weighted by Gasteiger charge is -2.37. The number of rotatable bonds is 5. The summed E-state index contributed by atoms with van der Waals surface area (Å²) in [5, 5.41) is 2.20. The predicted molar refractivity (Wildman–Crippen MR) is 129 cm³/mol. The van der Waals surface area contributed by atoms with Gasteiger partial charge in [0.1, 0.15) is 5.60 Å². The van der Waals surface area contributed by atoms with Gasteiger partial charge in [0.15, 0.2) is 0 Å². The van der Waals surface area contributed by atoms with Gasteiger partial charge in [0.25, 0.3) is 0 Å². The molecule has 0 spiro atoms. The number of piperazine rings is 1. The van der Waals surface area contributed by atoms with Gasteiger partial charge < -0.3 is 14.5 Å². The summed E-state index contributed by atoms with van der Waals surface area (Å²) in [5.74, 6) is 0.833. The minimum atomic E-state index is -0.507. The van der Waals surface area contributed by atoms with Crippen LogP contribution in [0.3, 0.4) is 0 Å². The van der Waals surface area contributed by atoms with E-state index in [1.54, 1.807) is 9.80 Å². The normalized spacial score (nSPS) is 13.8. The van der Waals surface area contributed by atoms with Gasteiger partial charge in [-0.2, -0.15) is 0 Å². The van der Waals surface area contributed by atoms with E-state index in [9.17, 15) is 14.4 Å². The summed E-state index contributed by atoms with van der Waals surface area (Å²) in [6.07, 6.45) is 0.871. The van der Waals surface area contributed by atoms with Gasteiger partial charge in [0.05, 0.1) is 0 Å². The number of anilines is 2. The summed E-state index contributed by atoms with van der Waals surface area (Å²) in [7, 11) is 0. The molecule has 2 rings (SSSR count). The summed E-state index contributed by atoms with van der Waals surface area (Å²) in [4.78, 5) is 40.5. The molecule has 0 atom stereocenters. The summed E-state index contributed by atoms with van der Waals surface area (Å²) >= 11 is 0. The second-order valence-corrected chi connectivity index (χ2v) is 9.43. The SMILES string of the molecule is CC(C)C.CCCN(C(=O)NC=O)c1cccc(N2CCN(C(=O)OC(C)(C)C)CC2)c1. The molecule has 180 valence electrons. The van der Waals surface area contributed by atoms with Crippen molar-refractivity contribution in [1.82, 2.24) is 10.2 Å². The van der Waals surface area contributed by atoms with Gasteiger partial charge in [0, 0.05) is 44.1 Å². The Balaban J connectivity index is 0.00000118. The van der Waals surface area contributed by atoms with Crippen LogP contribution < -0.4 is 15.1 Å². The van der Waals surface area contributed by atoms with Crippen LogP contribution in [0.4, 0.5) is 21.0 Å². The first-order valence-electron chi connectivity index (χ1n) is 11.3. The molecule has 1 aliphatic heterocycles. The van der Waals surface area contributed by atoms with Gasteiger partial charge in [-0.15, -0.1) is 0 Å². The van der Waals surface area contributed by atoms with Crippen molar-refractivity contribution >= 4 is 29.9 Å². The standard InChI is InChI=1S/C20H30N4O4.C4H10/c1-5-9-24(18(26)21-15-25)17-8-6-7-16(14-17)22-10-12-23(13-11-22)19(27)28-20(2,3)4;1-4(2)3/h6-8,14-15H,5,9-13H2,1-4H3,(H,21,25,26);4H,1-3H3. The first-order valence-corrected chi connectivity index (χ1v) is 11.3. The number of urea groups is 1. The van der Waals surface area contributed by atoms with Gasteiger partial charge in [-0.1, -0.05) is 33.8 Å². The highest BCUT2D eigenvalue weighted by Gasteiger charge is 2.26. The third-order valence-corrected chi connectivity index (χ3v) is 4.31. The van der Waals surface area contributed by atoms with Gasteiger partial charge in [0.2, 0.25) is 6.41 Å². The van der Waals surface area contributed by atoms with Gasteiger partial charge >= 0.3 is 12.1 Å². The first-order chi connectivity index (χ1) is 15.0.